The van der Waals surface area contributed by atoms with Crippen LogP contribution in [0, 0.1) is 6.92 Å². The Morgan fingerprint density at radius 1 is 1.16 bits per heavy atom. The summed E-state index contributed by atoms with van der Waals surface area (Å²) >= 11 is 1.41. The van der Waals surface area contributed by atoms with Crippen LogP contribution in [0.25, 0.3) is 10.7 Å². The highest BCUT2D eigenvalue weighted by molar-refractivity contribution is 7.17. The van der Waals surface area contributed by atoms with Crippen LogP contribution in [-0.2, 0) is 6.42 Å². The van der Waals surface area contributed by atoms with Crippen LogP contribution in [0.3, 0.4) is 0 Å². The summed E-state index contributed by atoms with van der Waals surface area (Å²) in [5, 5.41) is 0.776. The summed E-state index contributed by atoms with van der Waals surface area (Å²) in [4.78, 5) is 29.4. The van der Waals surface area contributed by atoms with Gasteiger partial charge in [-0.15, -0.1) is 11.3 Å². The summed E-state index contributed by atoms with van der Waals surface area (Å²) in [6.45, 7) is 3.24. The van der Waals surface area contributed by atoms with Crippen LogP contribution in [0.2, 0.25) is 0 Å². The Morgan fingerprint density at radius 3 is 2.81 bits per heavy atom. The predicted octanol–water partition coefficient (Wildman–Crippen LogP) is 5.11. The molecule has 1 aliphatic rings. The van der Waals surface area contributed by atoms with Crippen molar-refractivity contribution in [3.8, 4) is 10.7 Å². The Kier molecular flexibility index (Phi) is 5.81. The van der Waals surface area contributed by atoms with Crippen molar-refractivity contribution in [3.63, 3.8) is 0 Å². The van der Waals surface area contributed by atoms with Crippen LogP contribution in [-0.4, -0.2) is 38.8 Å². The van der Waals surface area contributed by atoms with E-state index in [0.717, 1.165) is 53.9 Å². The molecule has 1 fully saturated rings. The SMILES string of the molecule is Cc1nc(-c2ccccn2)sc1C(=O)N1CCC[C@@H](c2ncc(Cc3ccccc3)o2)C1. The molecule has 0 saturated carbocycles. The number of benzene rings is 1. The van der Waals surface area contributed by atoms with Gasteiger partial charge >= 0.3 is 0 Å². The Morgan fingerprint density at radius 2 is 2.00 bits per heavy atom. The van der Waals surface area contributed by atoms with Gasteiger partial charge in [0.05, 0.1) is 23.5 Å². The molecule has 0 spiro atoms. The minimum atomic E-state index is 0.0305. The molecule has 4 heterocycles. The van der Waals surface area contributed by atoms with Crippen molar-refractivity contribution >= 4 is 17.2 Å². The lowest BCUT2D eigenvalue weighted by atomic mass is 9.98. The van der Waals surface area contributed by atoms with E-state index in [1.165, 1.54) is 16.9 Å². The quantitative estimate of drug-likeness (QED) is 0.428. The summed E-state index contributed by atoms with van der Waals surface area (Å²) in [5.41, 5.74) is 2.74. The highest BCUT2D eigenvalue weighted by Crippen LogP contribution is 2.31. The Balaban J connectivity index is 1.29. The molecule has 1 amide bonds. The van der Waals surface area contributed by atoms with Crippen LogP contribution in [0.15, 0.2) is 65.3 Å². The van der Waals surface area contributed by atoms with Gasteiger partial charge in [0, 0.05) is 25.7 Å². The molecule has 0 aliphatic carbocycles. The van der Waals surface area contributed by atoms with Crippen molar-refractivity contribution in [2.45, 2.75) is 32.1 Å². The molecule has 6 nitrogen and oxygen atoms in total. The maximum atomic E-state index is 13.3. The largest absolute Gasteiger partial charge is 0.445 e. The molecule has 1 saturated heterocycles. The molecule has 7 heteroatoms. The van der Waals surface area contributed by atoms with Gasteiger partial charge in [-0.1, -0.05) is 36.4 Å². The first kappa shape index (κ1) is 20.6. The lowest BCUT2D eigenvalue weighted by molar-refractivity contribution is 0.0702. The van der Waals surface area contributed by atoms with Gasteiger partial charge in [-0.3, -0.25) is 9.78 Å². The van der Waals surface area contributed by atoms with E-state index in [0.29, 0.717) is 11.4 Å². The van der Waals surface area contributed by atoms with Crippen LogP contribution in [0.1, 0.15) is 51.3 Å². The smallest absolute Gasteiger partial charge is 0.265 e. The molecule has 1 atom stereocenters. The molecule has 4 aromatic rings. The van der Waals surface area contributed by atoms with Gasteiger partial charge in [0.25, 0.3) is 5.91 Å². The number of oxazole rings is 1. The molecule has 1 aliphatic heterocycles. The molecule has 0 N–H and O–H groups in total. The third-order valence-electron chi connectivity index (χ3n) is 5.73. The number of carbonyl (C=O) groups is 1. The van der Waals surface area contributed by atoms with Crippen molar-refractivity contribution in [1.82, 2.24) is 19.9 Å². The van der Waals surface area contributed by atoms with Crippen molar-refractivity contribution in [2.24, 2.45) is 0 Å². The van der Waals surface area contributed by atoms with Crippen LogP contribution < -0.4 is 0 Å². The van der Waals surface area contributed by atoms with Gasteiger partial charge in [0.1, 0.15) is 15.6 Å². The normalized spacial score (nSPS) is 16.3. The molecule has 1 aromatic carbocycles. The fourth-order valence-electron chi connectivity index (χ4n) is 4.09. The van der Waals surface area contributed by atoms with Crippen molar-refractivity contribution in [3.05, 3.63) is 88.7 Å². The summed E-state index contributed by atoms with van der Waals surface area (Å²) in [6, 6.07) is 15.9. The number of pyridine rings is 1. The van der Waals surface area contributed by atoms with Gasteiger partial charge in [0.15, 0.2) is 5.89 Å². The molecular formula is C25H24N4O2S. The number of rotatable bonds is 5. The molecule has 32 heavy (non-hydrogen) atoms. The van der Waals surface area contributed by atoms with Gasteiger partial charge in [-0.2, -0.15) is 0 Å². The van der Waals surface area contributed by atoms with E-state index < -0.39 is 0 Å². The average molecular weight is 445 g/mol. The number of thiazole rings is 1. The number of nitrogens with zero attached hydrogens (tertiary/aromatic N) is 4. The van der Waals surface area contributed by atoms with Crippen LogP contribution >= 0.6 is 11.3 Å². The minimum Gasteiger partial charge on any atom is -0.445 e. The number of aromatic nitrogens is 3. The number of carbonyl (C=O) groups excluding carboxylic acids is 1. The predicted molar refractivity (Wildman–Crippen MR) is 124 cm³/mol. The molecule has 0 bridgehead atoms. The zero-order chi connectivity index (χ0) is 21.9. The zero-order valence-corrected chi connectivity index (χ0v) is 18.7. The van der Waals surface area contributed by atoms with Crippen LogP contribution in [0.4, 0.5) is 0 Å². The summed E-state index contributed by atoms with van der Waals surface area (Å²) < 4.78 is 6.08. The fraction of sp³-hybridized carbons (Fsp3) is 0.280. The highest BCUT2D eigenvalue weighted by atomic mass is 32.1. The number of amides is 1. The molecule has 162 valence electrons. The van der Waals surface area contributed by atoms with Crippen molar-refractivity contribution < 1.29 is 9.21 Å². The van der Waals surface area contributed by atoms with Crippen molar-refractivity contribution in [2.75, 3.05) is 13.1 Å². The average Bonchev–Trinajstić information content (AvgIpc) is 3.47. The van der Waals surface area contributed by atoms with Crippen molar-refractivity contribution in [1.29, 1.82) is 0 Å². The summed E-state index contributed by atoms with van der Waals surface area (Å²) in [6.07, 6.45) is 6.17. The first-order valence-corrected chi connectivity index (χ1v) is 11.7. The van der Waals surface area contributed by atoms with E-state index in [1.54, 1.807) is 6.20 Å². The van der Waals surface area contributed by atoms with E-state index in [9.17, 15) is 4.79 Å². The second kappa shape index (κ2) is 9.04. The number of likely N-dealkylation sites (tertiary alicyclic amines) is 1. The van der Waals surface area contributed by atoms with Gasteiger partial charge in [-0.05, 0) is 37.5 Å². The molecule has 0 radical (unpaired) electrons. The standard InChI is InChI=1S/C25H24N4O2S/c1-17-22(32-24(28-17)21-11-5-6-12-26-21)25(30)29-13-7-10-19(16-29)23-27-15-20(31-23)14-18-8-3-2-4-9-18/h2-6,8-9,11-12,15,19H,7,10,13-14,16H2,1H3/t19-/m1/s1. The molecular weight excluding hydrogens is 420 g/mol. The second-order valence-electron chi connectivity index (χ2n) is 8.07. The number of aryl methyl sites for hydroxylation is 1. The number of hydrogen-bond acceptors (Lipinski definition) is 6. The summed E-state index contributed by atoms with van der Waals surface area (Å²) in [7, 11) is 0. The van der Waals surface area contributed by atoms with Gasteiger partial charge in [0.2, 0.25) is 0 Å². The monoisotopic (exact) mass is 444 g/mol. The fourth-order valence-corrected chi connectivity index (χ4v) is 5.10. The Bertz CT molecular complexity index is 1200. The van der Waals surface area contributed by atoms with Gasteiger partial charge < -0.3 is 9.32 Å². The Hall–Kier alpha value is -3.32. The number of piperidine rings is 1. The topological polar surface area (TPSA) is 72.1 Å². The third kappa shape index (κ3) is 4.34. The van der Waals surface area contributed by atoms with E-state index in [2.05, 4.69) is 27.1 Å². The summed E-state index contributed by atoms with van der Waals surface area (Å²) in [5.74, 6) is 1.72. The molecule has 0 unspecified atom stereocenters. The lowest BCUT2D eigenvalue weighted by Crippen LogP contribution is -2.39. The third-order valence-corrected chi connectivity index (χ3v) is 6.89. The van der Waals surface area contributed by atoms with E-state index in [1.807, 2.05) is 54.4 Å². The number of hydrogen-bond donors (Lipinski definition) is 0. The highest BCUT2D eigenvalue weighted by Gasteiger charge is 2.30. The van der Waals surface area contributed by atoms with E-state index in [4.69, 9.17) is 4.42 Å². The maximum Gasteiger partial charge on any atom is 0.265 e. The zero-order valence-electron chi connectivity index (χ0n) is 17.9. The maximum absolute atomic E-state index is 13.3. The second-order valence-corrected chi connectivity index (χ2v) is 9.07. The first-order valence-electron chi connectivity index (χ1n) is 10.8. The first-order chi connectivity index (χ1) is 15.7. The van der Waals surface area contributed by atoms with E-state index >= 15 is 0 Å². The Labute approximate surface area is 191 Å². The minimum absolute atomic E-state index is 0.0305. The molecule has 5 rings (SSSR count). The van der Waals surface area contributed by atoms with Gasteiger partial charge in [-0.25, -0.2) is 9.97 Å². The van der Waals surface area contributed by atoms with E-state index in [-0.39, 0.29) is 11.8 Å². The van der Waals surface area contributed by atoms with Crippen LogP contribution in [0.5, 0.6) is 0 Å². The molecule has 3 aromatic heterocycles. The lowest BCUT2D eigenvalue weighted by Gasteiger charge is -2.31.